The van der Waals surface area contributed by atoms with E-state index in [1.807, 2.05) is 11.8 Å². The number of carbonyl (C=O) groups excluding carboxylic acids is 1. The Labute approximate surface area is 225 Å². The van der Waals surface area contributed by atoms with Gasteiger partial charge in [0.1, 0.15) is 11.6 Å². The molecule has 2 aromatic rings. The molecule has 0 aromatic heterocycles. The van der Waals surface area contributed by atoms with Crippen molar-refractivity contribution >= 4 is 12.0 Å². The maximum absolute atomic E-state index is 14.3. The van der Waals surface area contributed by atoms with Crippen LogP contribution in [0.15, 0.2) is 42.0 Å². The van der Waals surface area contributed by atoms with Gasteiger partial charge in [0, 0.05) is 42.9 Å². The Hall–Kier alpha value is -2.93. The van der Waals surface area contributed by atoms with Crippen LogP contribution < -0.4 is 9.47 Å². The molecule has 1 saturated carbocycles. The number of methoxy groups -OCH3 is 2. The lowest BCUT2D eigenvalue weighted by Gasteiger charge is -2.34. The fraction of sp³-hybridized carbons (Fsp3) is 0.516. The number of nitrogens with zero attached hydrogens (tertiary/aromatic N) is 2. The second kappa shape index (κ2) is 13.2. The Bertz CT molecular complexity index is 1130. The van der Waals surface area contributed by atoms with E-state index in [1.165, 1.54) is 44.2 Å². The number of carbonyl (C=O) groups is 1. The molecule has 1 unspecified atom stereocenters. The fourth-order valence-corrected chi connectivity index (χ4v) is 5.90. The van der Waals surface area contributed by atoms with Crippen LogP contribution in [0.5, 0.6) is 11.5 Å². The number of amides is 1. The van der Waals surface area contributed by atoms with Crippen molar-refractivity contribution in [3.8, 4) is 11.5 Å². The fourth-order valence-electron chi connectivity index (χ4n) is 5.90. The minimum Gasteiger partial charge on any atom is -0.493 e. The molecule has 5 nitrogen and oxygen atoms in total. The summed E-state index contributed by atoms with van der Waals surface area (Å²) in [5.41, 5.74) is 1.64. The van der Waals surface area contributed by atoms with E-state index in [-0.39, 0.29) is 11.9 Å². The second-order valence-electron chi connectivity index (χ2n) is 10.7. The van der Waals surface area contributed by atoms with Crippen molar-refractivity contribution in [2.45, 2.75) is 57.9 Å². The third kappa shape index (κ3) is 7.13. The summed E-state index contributed by atoms with van der Waals surface area (Å²) in [6.45, 7) is 4.98. The van der Waals surface area contributed by atoms with Crippen LogP contribution in [0.25, 0.3) is 6.08 Å². The highest BCUT2D eigenvalue weighted by Gasteiger charge is 2.31. The Morgan fingerprint density at radius 3 is 2.47 bits per heavy atom. The van der Waals surface area contributed by atoms with Crippen LogP contribution in [-0.2, 0) is 0 Å². The molecule has 1 atom stereocenters. The number of halogens is 2. The van der Waals surface area contributed by atoms with E-state index in [4.69, 9.17) is 9.47 Å². The molecule has 0 bridgehead atoms. The Kier molecular flexibility index (Phi) is 9.78. The van der Waals surface area contributed by atoms with Gasteiger partial charge in [0.05, 0.1) is 14.2 Å². The van der Waals surface area contributed by atoms with E-state index in [9.17, 15) is 13.6 Å². The largest absolute Gasteiger partial charge is 0.493 e. The summed E-state index contributed by atoms with van der Waals surface area (Å²) >= 11 is 0. The number of hydrogen-bond acceptors (Lipinski definition) is 4. The van der Waals surface area contributed by atoms with Crippen LogP contribution in [0.3, 0.4) is 0 Å². The Balaban J connectivity index is 1.56. The summed E-state index contributed by atoms with van der Waals surface area (Å²) < 4.78 is 38.5. The summed E-state index contributed by atoms with van der Waals surface area (Å²) in [6, 6.07) is 9.05. The average molecular weight is 527 g/mol. The Morgan fingerprint density at radius 2 is 1.76 bits per heavy atom. The predicted octanol–water partition coefficient (Wildman–Crippen LogP) is 6.57. The van der Waals surface area contributed by atoms with Crippen LogP contribution in [0.4, 0.5) is 8.78 Å². The van der Waals surface area contributed by atoms with Gasteiger partial charge in [-0.1, -0.05) is 30.9 Å². The summed E-state index contributed by atoms with van der Waals surface area (Å²) in [5.74, 6) is 0.468. The van der Waals surface area contributed by atoms with E-state index in [2.05, 4.69) is 4.90 Å². The molecule has 1 aliphatic heterocycles. The van der Waals surface area contributed by atoms with Gasteiger partial charge in [-0.15, -0.1) is 0 Å². The third-order valence-corrected chi connectivity index (χ3v) is 7.87. The van der Waals surface area contributed by atoms with Gasteiger partial charge < -0.3 is 14.4 Å². The highest BCUT2D eigenvalue weighted by molar-refractivity contribution is 5.95. The van der Waals surface area contributed by atoms with Crippen molar-refractivity contribution in [1.82, 2.24) is 9.80 Å². The lowest BCUT2D eigenvalue weighted by molar-refractivity contribution is 0.0709. The van der Waals surface area contributed by atoms with Gasteiger partial charge in [-0.05, 0) is 75.4 Å². The first-order chi connectivity index (χ1) is 18.4. The van der Waals surface area contributed by atoms with Crippen molar-refractivity contribution in [3.05, 3.63) is 64.7 Å². The van der Waals surface area contributed by atoms with Gasteiger partial charge in [0.2, 0.25) is 0 Å². The first kappa shape index (κ1) is 28.1. The standard InChI is InChI=1S/C31H40F2N2O3/c1-22(16-24-11-13-26(32)18-28(24)33)19-35(31(36)25-12-14-29(37-2)30(17-25)38-3)21-27-10-7-15-34(27)20-23-8-5-4-6-9-23/h11-14,16-18,23,27H,4-10,15,19-21H2,1-3H3/b22-16+. The topological polar surface area (TPSA) is 42.0 Å². The summed E-state index contributed by atoms with van der Waals surface area (Å²) in [4.78, 5) is 18.3. The van der Waals surface area contributed by atoms with Crippen molar-refractivity contribution in [1.29, 1.82) is 0 Å². The number of hydrogen-bond donors (Lipinski definition) is 0. The number of ether oxygens (including phenoxy) is 2. The zero-order valence-corrected chi connectivity index (χ0v) is 22.8. The first-order valence-corrected chi connectivity index (χ1v) is 13.8. The second-order valence-corrected chi connectivity index (χ2v) is 10.7. The zero-order chi connectivity index (χ0) is 27.1. The van der Waals surface area contributed by atoms with Crippen LogP contribution in [0.1, 0.15) is 67.8 Å². The van der Waals surface area contributed by atoms with E-state index < -0.39 is 11.6 Å². The highest BCUT2D eigenvalue weighted by atomic mass is 19.1. The molecule has 38 heavy (non-hydrogen) atoms. The SMILES string of the molecule is COc1ccc(C(=O)N(C/C(C)=C/c2ccc(F)cc2F)CC2CCCN2CC2CCCCC2)cc1OC. The summed E-state index contributed by atoms with van der Waals surface area (Å²) in [7, 11) is 3.12. The van der Waals surface area contributed by atoms with Crippen molar-refractivity contribution in [2.24, 2.45) is 5.92 Å². The summed E-state index contributed by atoms with van der Waals surface area (Å²) in [5, 5.41) is 0. The van der Waals surface area contributed by atoms with E-state index in [0.29, 0.717) is 35.7 Å². The maximum Gasteiger partial charge on any atom is 0.254 e. The normalized spacial score (nSPS) is 19.0. The Morgan fingerprint density at radius 1 is 1.00 bits per heavy atom. The molecule has 2 aromatic carbocycles. The molecule has 2 aliphatic rings. The number of likely N-dealkylation sites (tertiary alicyclic amines) is 1. The predicted molar refractivity (Wildman–Crippen MR) is 147 cm³/mol. The molecular formula is C31H40F2N2O3. The van der Waals surface area contributed by atoms with Crippen molar-refractivity contribution < 1.29 is 23.0 Å². The quantitative estimate of drug-likeness (QED) is 0.351. The molecule has 0 N–H and O–H groups in total. The van der Waals surface area contributed by atoms with Crippen molar-refractivity contribution in [3.63, 3.8) is 0 Å². The van der Waals surface area contributed by atoms with Gasteiger partial charge in [0.25, 0.3) is 5.91 Å². The molecule has 1 heterocycles. The van der Waals surface area contributed by atoms with E-state index >= 15 is 0 Å². The third-order valence-electron chi connectivity index (χ3n) is 7.87. The smallest absolute Gasteiger partial charge is 0.254 e. The number of rotatable bonds is 10. The molecule has 7 heteroatoms. The van der Waals surface area contributed by atoms with Crippen LogP contribution in [0, 0.1) is 17.6 Å². The molecule has 1 amide bonds. The molecule has 0 spiro atoms. The molecule has 206 valence electrons. The number of benzene rings is 2. The first-order valence-electron chi connectivity index (χ1n) is 13.8. The summed E-state index contributed by atoms with van der Waals surface area (Å²) in [6.07, 6.45) is 10.4. The molecule has 0 radical (unpaired) electrons. The van der Waals surface area contributed by atoms with Crippen LogP contribution >= 0.6 is 0 Å². The van der Waals surface area contributed by atoms with Gasteiger partial charge in [-0.2, -0.15) is 0 Å². The van der Waals surface area contributed by atoms with Gasteiger partial charge in [-0.3, -0.25) is 9.69 Å². The van der Waals surface area contributed by atoms with Crippen molar-refractivity contribution in [2.75, 3.05) is 40.4 Å². The lowest BCUT2D eigenvalue weighted by Crippen LogP contribution is -2.45. The van der Waals surface area contributed by atoms with Gasteiger partial charge in [0.15, 0.2) is 11.5 Å². The minimum atomic E-state index is -0.614. The van der Waals surface area contributed by atoms with E-state index in [0.717, 1.165) is 43.5 Å². The highest BCUT2D eigenvalue weighted by Crippen LogP contribution is 2.30. The molecule has 4 rings (SSSR count). The molecular weight excluding hydrogens is 486 g/mol. The van der Waals surface area contributed by atoms with Crippen LogP contribution in [0.2, 0.25) is 0 Å². The minimum absolute atomic E-state index is 0.109. The molecule has 2 fully saturated rings. The van der Waals surface area contributed by atoms with Gasteiger partial charge >= 0.3 is 0 Å². The molecule has 1 saturated heterocycles. The monoisotopic (exact) mass is 526 g/mol. The van der Waals surface area contributed by atoms with E-state index in [1.54, 1.807) is 38.5 Å². The molecule has 1 aliphatic carbocycles. The maximum atomic E-state index is 14.3. The average Bonchev–Trinajstić information content (AvgIpc) is 3.35. The van der Waals surface area contributed by atoms with Crippen LogP contribution in [-0.4, -0.2) is 62.1 Å². The lowest BCUT2D eigenvalue weighted by atomic mass is 9.89. The van der Waals surface area contributed by atoms with Gasteiger partial charge in [-0.25, -0.2) is 8.78 Å². The zero-order valence-electron chi connectivity index (χ0n) is 22.8.